The number of hydrogen-bond acceptors (Lipinski definition) is 2. The van der Waals surface area contributed by atoms with Crippen molar-refractivity contribution in [3.05, 3.63) is 218 Å². The van der Waals surface area contributed by atoms with Crippen LogP contribution in [0.1, 0.15) is 0 Å². The molecule has 9 aromatic carbocycles. The predicted octanol–water partition coefficient (Wildman–Crippen LogP) is 15.2. The Morgan fingerprint density at radius 1 is 0.333 bits per heavy atom. The number of furan rings is 1. The van der Waals surface area contributed by atoms with Gasteiger partial charge in [0.25, 0.3) is 0 Å². The van der Waals surface area contributed by atoms with Crippen LogP contribution < -0.4 is 4.90 Å². The van der Waals surface area contributed by atoms with Crippen molar-refractivity contribution in [3.63, 3.8) is 0 Å². The highest BCUT2D eigenvalue weighted by Crippen LogP contribution is 2.45. The molecule has 0 radical (unpaired) electrons. The van der Waals surface area contributed by atoms with Gasteiger partial charge in [-0.15, -0.1) is 0 Å². The maximum atomic E-state index is 6.86. The Morgan fingerprint density at radius 2 is 0.877 bits per heavy atom. The number of para-hydroxylation sites is 2. The fraction of sp³-hybridized carbons (Fsp3) is 0. The van der Waals surface area contributed by atoms with Crippen molar-refractivity contribution in [3.8, 4) is 39.1 Å². The minimum atomic E-state index is 0.861. The van der Waals surface area contributed by atoms with Crippen molar-refractivity contribution >= 4 is 60.8 Å². The van der Waals surface area contributed by atoms with Gasteiger partial charge in [-0.2, -0.15) is 0 Å². The molecule has 0 unspecified atom stereocenters. The molecule has 3 heteroatoms. The summed E-state index contributed by atoms with van der Waals surface area (Å²) in [6, 6.07) is 78.1. The van der Waals surface area contributed by atoms with Crippen LogP contribution in [0.15, 0.2) is 223 Å². The summed E-state index contributed by atoms with van der Waals surface area (Å²) in [5.74, 6) is 0. The average molecular weight is 729 g/mol. The summed E-state index contributed by atoms with van der Waals surface area (Å²) in [6.45, 7) is 0. The summed E-state index contributed by atoms with van der Waals surface area (Å²) in [6.07, 6.45) is 0. The highest BCUT2D eigenvalue weighted by atomic mass is 16.3. The molecule has 11 aromatic rings. The first-order valence-corrected chi connectivity index (χ1v) is 19.4. The molecule has 0 saturated heterocycles. The van der Waals surface area contributed by atoms with E-state index in [1.165, 1.54) is 27.6 Å². The molecular weight excluding hydrogens is 693 g/mol. The molecule has 3 nitrogen and oxygen atoms in total. The van der Waals surface area contributed by atoms with E-state index >= 15 is 0 Å². The maximum Gasteiger partial charge on any atom is 0.145 e. The molecule has 0 amide bonds. The van der Waals surface area contributed by atoms with Gasteiger partial charge in [-0.05, 0) is 112 Å². The van der Waals surface area contributed by atoms with E-state index in [9.17, 15) is 0 Å². The van der Waals surface area contributed by atoms with Crippen LogP contribution in [0.4, 0.5) is 17.1 Å². The van der Waals surface area contributed by atoms with Crippen molar-refractivity contribution in [1.29, 1.82) is 0 Å². The SMILES string of the molecule is c1ccc(-c2ccc(N(c3cc(-c4ccccc4)cc(-c4ccccc4)c3)c3ccc4oc5c(ccc6c5c5ccccc5n6-c5ccccc5)c4c3)cc2)cc1. The van der Waals surface area contributed by atoms with Crippen LogP contribution in [-0.4, -0.2) is 4.57 Å². The van der Waals surface area contributed by atoms with Crippen LogP contribution in [0, 0.1) is 0 Å². The summed E-state index contributed by atoms with van der Waals surface area (Å²) < 4.78 is 9.20. The highest BCUT2D eigenvalue weighted by Gasteiger charge is 2.21. The van der Waals surface area contributed by atoms with Crippen LogP contribution in [0.2, 0.25) is 0 Å². The van der Waals surface area contributed by atoms with Gasteiger partial charge < -0.3 is 13.9 Å². The van der Waals surface area contributed by atoms with Gasteiger partial charge in [0.1, 0.15) is 11.2 Å². The van der Waals surface area contributed by atoms with E-state index in [1.54, 1.807) is 0 Å². The van der Waals surface area contributed by atoms with Gasteiger partial charge in [-0.25, -0.2) is 0 Å². The van der Waals surface area contributed by atoms with Gasteiger partial charge in [-0.1, -0.05) is 140 Å². The Balaban J connectivity index is 1.14. The van der Waals surface area contributed by atoms with Crippen LogP contribution in [0.3, 0.4) is 0 Å². The number of aromatic nitrogens is 1. The normalized spacial score (nSPS) is 11.5. The van der Waals surface area contributed by atoms with Crippen molar-refractivity contribution in [2.24, 2.45) is 0 Å². The van der Waals surface area contributed by atoms with Gasteiger partial charge in [-0.3, -0.25) is 0 Å². The Hall–Kier alpha value is -7.62. The molecule has 0 fully saturated rings. The number of nitrogens with zero attached hydrogens (tertiary/aromatic N) is 2. The summed E-state index contributed by atoms with van der Waals surface area (Å²) in [4.78, 5) is 2.38. The van der Waals surface area contributed by atoms with Crippen molar-refractivity contribution in [1.82, 2.24) is 4.57 Å². The van der Waals surface area contributed by atoms with E-state index in [-0.39, 0.29) is 0 Å². The predicted molar refractivity (Wildman–Crippen MR) is 239 cm³/mol. The van der Waals surface area contributed by atoms with E-state index < -0.39 is 0 Å². The second-order valence-corrected chi connectivity index (χ2v) is 14.6. The van der Waals surface area contributed by atoms with E-state index in [1.807, 2.05) is 0 Å². The molecule has 0 aliphatic heterocycles. The van der Waals surface area contributed by atoms with E-state index in [0.717, 1.165) is 72.2 Å². The van der Waals surface area contributed by atoms with Crippen molar-refractivity contribution < 1.29 is 4.42 Å². The van der Waals surface area contributed by atoms with Crippen LogP contribution in [0.5, 0.6) is 0 Å². The molecular formula is C54H36N2O. The van der Waals surface area contributed by atoms with Crippen LogP contribution >= 0.6 is 0 Å². The zero-order valence-corrected chi connectivity index (χ0v) is 31.1. The molecule has 57 heavy (non-hydrogen) atoms. The first kappa shape index (κ1) is 32.8. The fourth-order valence-corrected chi connectivity index (χ4v) is 8.48. The molecule has 11 rings (SSSR count). The van der Waals surface area contributed by atoms with Gasteiger partial charge >= 0.3 is 0 Å². The van der Waals surface area contributed by atoms with Gasteiger partial charge in [0, 0.05) is 38.9 Å². The minimum absolute atomic E-state index is 0.861. The second kappa shape index (κ2) is 13.6. The number of hydrogen-bond donors (Lipinski definition) is 0. The second-order valence-electron chi connectivity index (χ2n) is 14.6. The molecule has 0 atom stereocenters. The third kappa shape index (κ3) is 5.68. The Kier molecular flexibility index (Phi) is 7.82. The first-order valence-electron chi connectivity index (χ1n) is 19.4. The van der Waals surface area contributed by atoms with Crippen LogP contribution in [0.25, 0.3) is 82.8 Å². The number of benzene rings is 9. The Morgan fingerprint density at radius 3 is 1.53 bits per heavy atom. The summed E-state index contributed by atoms with van der Waals surface area (Å²) in [5.41, 5.74) is 15.4. The number of fused-ring (bicyclic) bond motifs is 7. The molecule has 0 bridgehead atoms. The third-order valence-electron chi connectivity index (χ3n) is 11.2. The van der Waals surface area contributed by atoms with Gasteiger partial charge in [0.2, 0.25) is 0 Å². The quantitative estimate of drug-likeness (QED) is 0.163. The maximum absolute atomic E-state index is 6.86. The summed E-state index contributed by atoms with van der Waals surface area (Å²) in [5, 5.41) is 4.47. The number of anilines is 3. The lowest BCUT2D eigenvalue weighted by Crippen LogP contribution is -2.10. The average Bonchev–Trinajstić information content (AvgIpc) is 3.83. The molecule has 0 aliphatic rings. The standard InChI is InChI=1S/C54H36N2O/c1-5-15-37(16-6-1)40-25-27-44(28-26-40)55(46-34-41(38-17-7-2-8-18-38)33-42(35-46)39-19-9-3-10-20-39)45-29-32-52-49(36-45)47-30-31-51-53(54(47)57-52)48-23-13-14-24-50(48)56(51)43-21-11-4-12-22-43/h1-36H. The highest BCUT2D eigenvalue weighted by molar-refractivity contribution is 6.24. The summed E-state index contributed by atoms with van der Waals surface area (Å²) in [7, 11) is 0. The molecule has 0 saturated carbocycles. The minimum Gasteiger partial charge on any atom is -0.455 e. The fourth-order valence-electron chi connectivity index (χ4n) is 8.48. The zero-order chi connectivity index (χ0) is 37.7. The zero-order valence-electron chi connectivity index (χ0n) is 31.1. The summed E-state index contributed by atoms with van der Waals surface area (Å²) >= 11 is 0. The lowest BCUT2D eigenvalue weighted by Gasteiger charge is -2.27. The lowest BCUT2D eigenvalue weighted by atomic mass is 9.97. The van der Waals surface area contributed by atoms with Crippen molar-refractivity contribution in [2.45, 2.75) is 0 Å². The molecule has 0 N–H and O–H groups in total. The number of rotatable bonds is 7. The molecule has 2 heterocycles. The first-order chi connectivity index (χ1) is 28.3. The molecule has 0 aliphatic carbocycles. The third-order valence-corrected chi connectivity index (χ3v) is 11.2. The monoisotopic (exact) mass is 728 g/mol. The topological polar surface area (TPSA) is 21.3 Å². The van der Waals surface area contributed by atoms with E-state index in [4.69, 9.17) is 4.42 Å². The Labute approximate surface area is 330 Å². The molecule has 0 spiro atoms. The Bertz CT molecular complexity index is 3140. The molecule has 2 aromatic heterocycles. The van der Waals surface area contributed by atoms with Gasteiger partial charge in [0.15, 0.2) is 0 Å². The smallest absolute Gasteiger partial charge is 0.145 e. The van der Waals surface area contributed by atoms with E-state index in [0.29, 0.717) is 0 Å². The lowest BCUT2D eigenvalue weighted by molar-refractivity contribution is 0.673. The van der Waals surface area contributed by atoms with Crippen LogP contribution in [-0.2, 0) is 0 Å². The molecule has 268 valence electrons. The van der Waals surface area contributed by atoms with Crippen molar-refractivity contribution in [2.75, 3.05) is 4.90 Å². The van der Waals surface area contributed by atoms with Gasteiger partial charge in [0.05, 0.1) is 16.4 Å². The van der Waals surface area contributed by atoms with E-state index in [2.05, 4.69) is 228 Å². The largest absolute Gasteiger partial charge is 0.455 e.